The van der Waals surface area contributed by atoms with E-state index in [1.807, 2.05) is 13.8 Å². The van der Waals surface area contributed by atoms with E-state index in [1.54, 1.807) is 0 Å². The van der Waals surface area contributed by atoms with Gasteiger partial charge in [0.05, 0.1) is 18.4 Å². The van der Waals surface area contributed by atoms with E-state index in [9.17, 15) is 13.5 Å². The Hall–Kier alpha value is -0.210. The quantitative estimate of drug-likeness (QED) is 0.647. The second-order valence-electron chi connectivity index (χ2n) is 5.19. The van der Waals surface area contributed by atoms with Crippen LogP contribution in [0.5, 0.6) is 0 Å². The van der Waals surface area contributed by atoms with Crippen molar-refractivity contribution >= 4 is 10.0 Å². The van der Waals surface area contributed by atoms with Crippen molar-refractivity contribution in [2.75, 3.05) is 52.1 Å². The molecule has 0 bridgehead atoms. The zero-order chi connectivity index (χ0) is 13.8. The summed E-state index contributed by atoms with van der Waals surface area (Å²) in [5.74, 6) is 0. The number of aliphatic hydroxyl groups is 1. The van der Waals surface area contributed by atoms with Crippen LogP contribution in [0.2, 0.25) is 0 Å². The molecule has 6 nitrogen and oxygen atoms in total. The third-order valence-corrected chi connectivity index (χ3v) is 4.63. The standard InChI is InChI=1S/C11H25N3O3S/c1-4-12-11(2,10-15)9-13-5-7-14(8-6-13)18(3,16)17/h12,15H,4-10H2,1-3H3. The van der Waals surface area contributed by atoms with Crippen LogP contribution in [0.1, 0.15) is 13.8 Å². The molecule has 0 aromatic carbocycles. The number of hydrogen-bond donors (Lipinski definition) is 2. The Balaban J connectivity index is 2.48. The van der Waals surface area contributed by atoms with Gasteiger partial charge >= 0.3 is 0 Å². The smallest absolute Gasteiger partial charge is 0.211 e. The molecule has 7 heteroatoms. The second-order valence-corrected chi connectivity index (χ2v) is 7.17. The maximum absolute atomic E-state index is 11.4. The fraction of sp³-hybridized carbons (Fsp3) is 1.00. The Labute approximate surface area is 110 Å². The first-order chi connectivity index (χ1) is 8.30. The van der Waals surface area contributed by atoms with E-state index in [-0.39, 0.29) is 12.1 Å². The minimum absolute atomic E-state index is 0.0765. The molecule has 1 fully saturated rings. The van der Waals surface area contributed by atoms with Crippen molar-refractivity contribution in [2.45, 2.75) is 19.4 Å². The normalized spacial score (nSPS) is 22.9. The number of rotatable bonds is 6. The van der Waals surface area contributed by atoms with Crippen LogP contribution in [0, 0.1) is 0 Å². The van der Waals surface area contributed by atoms with E-state index in [2.05, 4.69) is 10.2 Å². The average Bonchev–Trinajstić information content (AvgIpc) is 2.29. The third kappa shape index (κ3) is 4.47. The topological polar surface area (TPSA) is 72.9 Å². The lowest BCUT2D eigenvalue weighted by Crippen LogP contribution is -2.58. The van der Waals surface area contributed by atoms with Crippen LogP contribution >= 0.6 is 0 Å². The molecule has 1 heterocycles. The van der Waals surface area contributed by atoms with E-state index in [4.69, 9.17) is 0 Å². The predicted molar refractivity (Wildman–Crippen MR) is 72.0 cm³/mol. The van der Waals surface area contributed by atoms with Crippen LogP contribution in [-0.2, 0) is 10.0 Å². The number of nitrogens with one attached hydrogen (secondary N) is 1. The summed E-state index contributed by atoms with van der Waals surface area (Å²) < 4.78 is 24.3. The summed E-state index contributed by atoms with van der Waals surface area (Å²) in [5, 5.41) is 12.7. The third-order valence-electron chi connectivity index (χ3n) is 3.33. The Bertz CT molecular complexity index is 353. The second kappa shape index (κ2) is 6.29. The molecule has 0 spiro atoms. The summed E-state index contributed by atoms with van der Waals surface area (Å²) in [5.41, 5.74) is -0.317. The van der Waals surface area contributed by atoms with E-state index in [0.29, 0.717) is 26.2 Å². The first kappa shape index (κ1) is 15.8. The van der Waals surface area contributed by atoms with Gasteiger partial charge in [-0.1, -0.05) is 6.92 Å². The molecule has 0 aromatic rings. The maximum Gasteiger partial charge on any atom is 0.211 e. The zero-order valence-electron chi connectivity index (χ0n) is 11.5. The highest BCUT2D eigenvalue weighted by molar-refractivity contribution is 7.88. The minimum Gasteiger partial charge on any atom is -0.394 e. The largest absolute Gasteiger partial charge is 0.394 e. The highest BCUT2D eigenvalue weighted by Gasteiger charge is 2.29. The molecule has 1 rings (SSSR count). The summed E-state index contributed by atoms with van der Waals surface area (Å²) in [7, 11) is -3.07. The molecule has 1 aliphatic rings. The van der Waals surface area contributed by atoms with Crippen molar-refractivity contribution in [2.24, 2.45) is 0 Å². The molecule has 1 saturated heterocycles. The average molecular weight is 279 g/mol. The molecule has 18 heavy (non-hydrogen) atoms. The number of likely N-dealkylation sites (N-methyl/N-ethyl adjacent to an activating group) is 1. The van der Waals surface area contributed by atoms with Gasteiger partial charge in [-0.2, -0.15) is 4.31 Å². The number of sulfonamides is 1. The molecule has 0 saturated carbocycles. The summed E-state index contributed by atoms with van der Waals surface area (Å²) in [4.78, 5) is 2.19. The molecule has 0 aromatic heterocycles. The summed E-state index contributed by atoms with van der Waals surface area (Å²) in [6.07, 6.45) is 1.25. The highest BCUT2D eigenvalue weighted by Crippen LogP contribution is 2.11. The molecule has 108 valence electrons. The van der Waals surface area contributed by atoms with Crippen molar-refractivity contribution in [3.05, 3.63) is 0 Å². The molecule has 0 aliphatic carbocycles. The van der Waals surface area contributed by atoms with Gasteiger partial charge in [0.15, 0.2) is 0 Å². The van der Waals surface area contributed by atoms with Gasteiger partial charge in [-0.15, -0.1) is 0 Å². The zero-order valence-corrected chi connectivity index (χ0v) is 12.3. The fourth-order valence-corrected chi connectivity index (χ4v) is 3.13. The lowest BCUT2D eigenvalue weighted by molar-refractivity contribution is 0.100. The monoisotopic (exact) mass is 279 g/mol. The number of nitrogens with zero attached hydrogens (tertiary/aromatic N) is 2. The molecule has 1 aliphatic heterocycles. The van der Waals surface area contributed by atoms with Crippen molar-refractivity contribution < 1.29 is 13.5 Å². The Morgan fingerprint density at radius 3 is 2.22 bits per heavy atom. The van der Waals surface area contributed by atoms with Crippen molar-refractivity contribution in [1.29, 1.82) is 0 Å². The van der Waals surface area contributed by atoms with Gasteiger partial charge < -0.3 is 10.4 Å². The molecule has 0 radical (unpaired) electrons. The van der Waals surface area contributed by atoms with Crippen molar-refractivity contribution in [3.63, 3.8) is 0 Å². The minimum atomic E-state index is -3.07. The van der Waals surface area contributed by atoms with Gasteiger partial charge in [0.2, 0.25) is 10.0 Å². The van der Waals surface area contributed by atoms with Crippen LogP contribution in [-0.4, -0.2) is 80.4 Å². The van der Waals surface area contributed by atoms with Crippen LogP contribution < -0.4 is 5.32 Å². The molecular weight excluding hydrogens is 254 g/mol. The van der Waals surface area contributed by atoms with Crippen LogP contribution in [0.15, 0.2) is 0 Å². The number of aliphatic hydroxyl groups excluding tert-OH is 1. The SMILES string of the molecule is CCNC(C)(CO)CN1CCN(S(C)(=O)=O)CC1. The van der Waals surface area contributed by atoms with E-state index in [0.717, 1.165) is 13.1 Å². The highest BCUT2D eigenvalue weighted by atomic mass is 32.2. The van der Waals surface area contributed by atoms with E-state index >= 15 is 0 Å². The Morgan fingerprint density at radius 1 is 1.28 bits per heavy atom. The van der Waals surface area contributed by atoms with Crippen molar-refractivity contribution in [1.82, 2.24) is 14.5 Å². The number of piperazine rings is 1. The Kier molecular flexibility index (Phi) is 5.54. The summed E-state index contributed by atoms with van der Waals surface area (Å²) in [6.45, 7) is 8.11. The van der Waals surface area contributed by atoms with Gasteiger partial charge in [-0.25, -0.2) is 8.42 Å². The van der Waals surface area contributed by atoms with E-state index in [1.165, 1.54) is 10.6 Å². The van der Waals surface area contributed by atoms with Gasteiger partial charge in [-0.3, -0.25) is 4.90 Å². The molecule has 2 N–H and O–H groups in total. The van der Waals surface area contributed by atoms with Crippen LogP contribution in [0.25, 0.3) is 0 Å². The van der Waals surface area contributed by atoms with Gasteiger partial charge in [0.25, 0.3) is 0 Å². The maximum atomic E-state index is 11.4. The summed E-state index contributed by atoms with van der Waals surface area (Å²) >= 11 is 0. The van der Waals surface area contributed by atoms with Gasteiger partial charge in [0.1, 0.15) is 0 Å². The lowest BCUT2D eigenvalue weighted by Gasteiger charge is -2.39. The van der Waals surface area contributed by atoms with Crippen molar-refractivity contribution in [3.8, 4) is 0 Å². The summed E-state index contributed by atoms with van der Waals surface area (Å²) in [6, 6.07) is 0. The predicted octanol–water partition coefficient (Wildman–Crippen LogP) is -1.08. The fourth-order valence-electron chi connectivity index (χ4n) is 2.30. The van der Waals surface area contributed by atoms with Crippen LogP contribution in [0.3, 0.4) is 0 Å². The van der Waals surface area contributed by atoms with Gasteiger partial charge in [-0.05, 0) is 13.5 Å². The molecular formula is C11H25N3O3S. The van der Waals surface area contributed by atoms with Gasteiger partial charge in [0, 0.05) is 32.7 Å². The molecule has 1 atom stereocenters. The number of hydrogen-bond acceptors (Lipinski definition) is 5. The Morgan fingerprint density at radius 2 is 1.83 bits per heavy atom. The van der Waals surface area contributed by atoms with Crippen LogP contribution in [0.4, 0.5) is 0 Å². The molecule has 1 unspecified atom stereocenters. The first-order valence-corrected chi connectivity index (χ1v) is 8.19. The first-order valence-electron chi connectivity index (χ1n) is 6.34. The van der Waals surface area contributed by atoms with E-state index < -0.39 is 10.0 Å². The molecule has 0 amide bonds. The lowest BCUT2D eigenvalue weighted by atomic mass is 10.0.